The molecule has 1 aliphatic carbocycles. The van der Waals surface area contributed by atoms with Crippen LogP contribution in [0, 0.1) is 5.92 Å². The van der Waals surface area contributed by atoms with Crippen molar-refractivity contribution in [2.24, 2.45) is 5.92 Å². The molecule has 0 saturated heterocycles. The Morgan fingerprint density at radius 1 is 1.75 bits per heavy atom. The second-order valence-corrected chi connectivity index (χ2v) is 2.82. The molecule has 1 heterocycles. The quantitative estimate of drug-likeness (QED) is 0.552. The first kappa shape index (κ1) is 7.34. The van der Waals surface area contributed by atoms with Crippen LogP contribution in [0.25, 0.3) is 0 Å². The van der Waals surface area contributed by atoms with E-state index in [0.29, 0.717) is 12.2 Å². The van der Waals surface area contributed by atoms with E-state index in [0.717, 1.165) is 5.46 Å². The van der Waals surface area contributed by atoms with E-state index in [2.05, 4.69) is 0 Å². The van der Waals surface area contributed by atoms with E-state index < -0.39 is 5.97 Å². The predicted molar refractivity (Wildman–Crippen MR) is 45.1 cm³/mol. The molecule has 1 atom stereocenters. The summed E-state index contributed by atoms with van der Waals surface area (Å²) in [6, 6.07) is 0. The molecule has 1 aliphatic heterocycles. The molecular weight excluding hydrogens is 155 g/mol. The number of fused-ring (bicyclic) bond motifs is 1. The van der Waals surface area contributed by atoms with Crippen LogP contribution in [0.1, 0.15) is 0 Å². The molecule has 2 rings (SSSR count). The molecular formula is C8H7BO3. The first-order chi connectivity index (χ1) is 5.77. The third kappa shape index (κ3) is 1.09. The van der Waals surface area contributed by atoms with Crippen molar-refractivity contribution in [2.75, 3.05) is 6.61 Å². The van der Waals surface area contributed by atoms with Gasteiger partial charge in [0.15, 0.2) is 0 Å². The maximum atomic E-state index is 10.6. The van der Waals surface area contributed by atoms with Crippen molar-refractivity contribution < 1.29 is 14.6 Å². The molecule has 0 bridgehead atoms. The predicted octanol–water partition coefficient (Wildman–Crippen LogP) is 0.00520. The summed E-state index contributed by atoms with van der Waals surface area (Å²) >= 11 is 0. The Bertz CT molecular complexity index is 314. The number of rotatable bonds is 1. The van der Waals surface area contributed by atoms with Gasteiger partial charge in [-0.2, -0.15) is 0 Å². The van der Waals surface area contributed by atoms with Gasteiger partial charge >= 0.3 is 69.4 Å². The Kier molecular flexibility index (Phi) is 1.61. The standard InChI is InChI=1S/C8H7BO3/c10-8(11)5-1-2-6-4-12-9-7(6)3-5/h1-3,6H,4H2,(H,10,11). The van der Waals surface area contributed by atoms with Crippen LogP contribution in [0.4, 0.5) is 0 Å². The Morgan fingerprint density at radius 3 is 3.33 bits per heavy atom. The topological polar surface area (TPSA) is 46.5 Å². The van der Waals surface area contributed by atoms with E-state index >= 15 is 0 Å². The summed E-state index contributed by atoms with van der Waals surface area (Å²) < 4.78 is 5.07. The summed E-state index contributed by atoms with van der Waals surface area (Å²) in [6.45, 7) is 0.634. The SMILES string of the molecule is O=C(O)C1=CC2=BOCC2C=C1. The Balaban J connectivity index is 2.31. The van der Waals surface area contributed by atoms with Crippen LogP contribution in [0.5, 0.6) is 0 Å². The first-order valence-electron chi connectivity index (χ1n) is 3.72. The van der Waals surface area contributed by atoms with Gasteiger partial charge in [-0.05, 0) is 0 Å². The van der Waals surface area contributed by atoms with E-state index in [1.165, 1.54) is 0 Å². The van der Waals surface area contributed by atoms with Gasteiger partial charge in [0.25, 0.3) is 0 Å². The third-order valence-electron chi connectivity index (χ3n) is 2.00. The molecule has 0 aromatic rings. The van der Waals surface area contributed by atoms with Crippen LogP contribution >= 0.6 is 0 Å². The van der Waals surface area contributed by atoms with Crippen molar-refractivity contribution in [3.8, 4) is 0 Å². The third-order valence-corrected chi connectivity index (χ3v) is 2.00. The summed E-state index contributed by atoms with van der Waals surface area (Å²) in [5.41, 5.74) is 1.28. The second kappa shape index (κ2) is 2.62. The molecule has 0 spiro atoms. The van der Waals surface area contributed by atoms with Gasteiger partial charge in [0, 0.05) is 0 Å². The zero-order valence-electron chi connectivity index (χ0n) is 6.36. The molecule has 12 heavy (non-hydrogen) atoms. The summed E-state index contributed by atoms with van der Waals surface area (Å²) in [4.78, 5) is 10.6. The molecule has 0 saturated carbocycles. The van der Waals surface area contributed by atoms with Gasteiger partial charge in [0.05, 0.1) is 0 Å². The van der Waals surface area contributed by atoms with Crippen LogP contribution in [0.15, 0.2) is 23.8 Å². The van der Waals surface area contributed by atoms with Gasteiger partial charge in [0.1, 0.15) is 0 Å². The molecule has 0 amide bonds. The number of allylic oxidation sites excluding steroid dienone is 1. The van der Waals surface area contributed by atoms with Gasteiger partial charge < -0.3 is 0 Å². The molecule has 3 nitrogen and oxygen atoms in total. The monoisotopic (exact) mass is 162 g/mol. The fourth-order valence-corrected chi connectivity index (χ4v) is 1.32. The molecule has 0 aromatic carbocycles. The van der Waals surface area contributed by atoms with Crippen molar-refractivity contribution in [3.63, 3.8) is 0 Å². The Hall–Kier alpha value is -1.32. The van der Waals surface area contributed by atoms with E-state index in [1.807, 2.05) is 6.08 Å². The summed E-state index contributed by atoms with van der Waals surface area (Å²) in [6.07, 6.45) is 5.14. The van der Waals surface area contributed by atoms with Gasteiger partial charge in [-0.25, -0.2) is 0 Å². The van der Waals surface area contributed by atoms with Gasteiger partial charge in [-0.1, -0.05) is 0 Å². The van der Waals surface area contributed by atoms with E-state index in [9.17, 15) is 4.79 Å². The fraction of sp³-hybridized carbons (Fsp3) is 0.250. The van der Waals surface area contributed by atoms with Gasteiger partial charge in [-0.3, -0.25) is 0 Å². The molecule has 1 unspecified atom stereocenters. The minimum atomic E-state index is -0.891. The number of carbonyl (C=O) groups is 1. The zero-order valence-corrected chi connectivity index (χ0v) is 6.36. The number of aliphatic carboxylic acids is 1. The Morgan fingerprint density at radius 2 is 2.58 bits per heavy atom. The van der Waals surface area contributed by atoms with Crippen LogP contribution in [0.2, 0.25) is 0 Å². The summed E-state index contributed by atoms with van der Waals surface area (Å²) in [5, 5.41) is 8.67. The van der Waals surface area contributed by atoms with Crippen LogP contribution in [-0.4, -0.2) is 30.3 Å². The number of hydrogen-bond acceptors (Lipinski definition) is 2. The second-order valence-electron chi connectivity index (χ2n) is 2.82. The number of carboxylic acid groups (broad SMARTS) is 1. The van der Waals surface area contributed by atoms with Crippen molar-refractivity contribution in [1.82, 2.24) is 0 Å². The van der Waals surface area contributed by atoms with Crippen molar-refractivity contribution in [3.05, 3.63) is 23.8 Å². The van der Waals surface area contributed by atoms with E-state index in [-0.39, 0.29) is 5.92 Å². The van der Waals surface area contributed by atoms with Crippen molar-refractivity contribution in [2.45, 2.75) is 0 Å². The number of carboxylic acids is 1. The van der Waals surface area contributed by atoms with E-state index in [4.69, 9.17) is 9.76 Å². The molecule has 0 fully saturated rings. The Labute approximate surface area is 70.3 Å². The molecule has 60 valence electrons. The van der Waals surface area contributed by atoms with Crippen LogP contribution in [-0.2, 0) is 9.45 Å². The molecule has 2 aliphatic rings. The van der Waals surface area contributed by atoms with Gasteiger partial charge in [0.2, 0.25) is 0 Å². The average molecular weight is 162 g/mol. The van der Waals surface area contributed by atoms with Crippen molar-refractivity contribution >= 4 is 18.6 Å². The molecule has 0 aromatic heterocycles. The maximum absolute atomic E-state index is 10.6. The summed E-state index contributed by atoms with van der Waals surface area (Å²) in [5.74, 6) is -0.634. The molecule has 0 radical (unpaired) electrons. The minimum absolute atomic E-state index is 0.257. The normalized spacial score (nSPS) is 24.8. The van der Waals surface area contributed by atoms with Crippen molar-refractivity contribution in [1.29, 1.82) is 0 Å². The van der Waals surface area contributed by atoms with Crippen LogP contribution < -0.4 is 0 Å². The number of hydrogen-bond donors (Lipinski definition) is 1. The zero-order chi connectivity index (χ0) is 8.55. The fourth-order valence-electron chi connectivity index (χ4n) is 1.32. The average Bonchev–Trinajstić information content (AvgIpc) is 2.49. The molecule has 1 N–H and O–H groups in total. The summed E-state index contributed by atoms with van der Waals surface area (Å²) in [7, 11) is 1.62. The van der Waals surface area contributed by atoms with Crippen LogP contribution in [0.3, 0.4) is 0 Å². The van der Waals surface area contributed by atoms with Gasteiger partial charge in [-0.15, -0.1) is 0 Å². The van der Waals surface area contributed by atoms with E-state index in [1.54, 1.807) is 19.3 Å². The first-order valence-corrected chi connectivity index (χ1v) is 3.72. The molecule has 4 heteroatoms.